The number of ether oxygens (including phenoxy) is 14. The zero-order chi connectivity index (χ0) is 77.0. The highest BCUT2D eigenvalue weighted by Crippen LogP contribution is 2.76. The summed E-state index contributed by atoms with van der Waals surface area (Å²) in [5.74, 6) is -3.75. The minimum Gasteiger partial charge on any atom is -0.497 e. The van der Waals surface area contributed by atoms with Crippen molar-refractivity contribution in [2.24, 2.45) is 50.2 Å². The number of hydrogen-bond donors (Lipinski definition) is 16. The van der Waals surface area contributed by atoms with Crippen molar-refractivity contribution in [3.8, 4) is 5.75 Å². The Kier molecular flexibility index (Phi) is 23.6. The van der Waals surface area contributed by atoms with Gasteiger partial charge in [0.15, 0.2) is 43.7 Å². The number of benzene rings is 1. The largest absolute Gasteiger partial charge is 0.497 e. The molecule has 36 atom stereocenters. The monoisotopic (exact) mass is 1510 g/mol. The molecule has 0 amide bonds. The van der Waals surface area contributed by atoms with Gasteiger partial charge in [-0.3, -0.25) is 9.59 Å². The highest BCUT2D eigenvalue weighted by atomic mass is 16.8. The zero-order valence-corrected chi connectivity index (χ0v) is 60.9. The van der Waals surface area contributed by atoms with Crippen LogP contribution in [0.1, 0.15) is 119 Å². The first-order valence-corrected chi connectivity index (χ1v) is 36.7. The first-order chi connectivity index (χ1) is 49.8. The molecule has 6 heterocycles. The molecule has 6 aliphatic heterocycles. The normalized spacial score (nSPS) is 50.1. The molecule has 0 spiro atoms. The third-order valence-electron chi connectivity index (χ3n) is 26.3. The van der Waals surface area contributed by atoms with Crippen molar-refractivity contribution in [3.63, 3.8) is 0 Å². The maximum atomic E-state index is 16.1. The second-order valence-corrected chi connectivity index (χ2v) is 33.1. The van der Waals surface area contributed by atoms with Gasteiger partial charge in [-0.05, 0) is 142 Å². The number of hydrogen-bond acceptors (Lipinski definition) is 32. The lowest BCUT2D eigenvalue weighted by molar-refractivity contribution is -0.388. The quantitative estimate of drug-likeness (QED) is 0.0305. The average molecular weight is 1510 g/mol. The van der Waals surface area contributed by atoms with Crippen LogP contribution in [-0.4, -0.2) is 311 Å². The van der Waals surface area contributed by atoms with Crippen LogP contribution in [0, 0.1) is 50.2 Å². The molecule has 33 nitrogen and oxygen atoms in total. The van der Waals surface area contributed by atoms with Gasteiger partial charge in [0.1, 0.15) is 109 Å². The Labute approximate surface area is 612 Å². The molecule has 0 aromatic heterocycles. The van der Waals surface area contributed by atoms with Gasteiger partial charge in [0.2, 0.25) is 6.29 Å². The predicted octanol–water partition coefficient (Wildman–Crippen LogP) is -2.10. The first-order valence-electron chi connectivity index (χ1n) is 36.7. The topological polar surface area (TPSA) is 504 Å². The Morgan fingerprint density at radius 2 is 1.18 bits per heavy atom. The minimum atomic E-state index is -2.28. The van der Waals surface area contributed by atoms with Crippen molar-refractivity contribution in [2.45, 2.75) is 285 Å². The third kappa shape index (κ3) is 14.2. The number of carboxylic acids is 1. The van der Waals surface area contributed by atoms with E-state index in [2.05, 4.69) is 33.8 Å². The van der Waals surface area contributed by atoms with Crippen molar-refractivity contribution in [2.75, 3.05) is 40.1 Å². The van der Waals surface area contributed by atoms with Crippen LogP contribution in [0.15, 0.2) is 42.0 Å². The van der Waals surface area contributed by atoms with Crippen molar-refractivity contribution >= 4 is 24.0 Å². The van der Waals surface area contributed by atoms with Crippen molar-refractivity contribution in [3.05, 3.63) is 47.6 Å². The van der Waals surface area contributed by atoms with Crippen LogP contribution in [0.3, 0.4) is 0 Å². The van der Waals surface area contributed by atoms with E-state index >= 15 is 4.79 Å². The van der Waals surface area contributed by atoms with Gasteiger partial charge >= 0.3 is 17.9 Å². The fourth-order valence-electron chi connectivity index (χ4n) is 19.8. The summed E-state index contributed by atoms with van der Waals surface area (Å²) in [5.41, 5.74) is -6.22. The van der Waals surface area contributed by atoms with Gasteiger partial charge in [-0.25, -0.2) is 4.79 Å². The number of aliphatic hydroxyl groups is 15. The van der Waals surface area contributed by atoms with E-state index in [0.717, 1.165) is 11.6 Å². The van der Waals surface area contributed by atoms with Crippen LogP contribution in [0.4, 0.5) is 0 Å². The molecular formula is C73H108O33. The van der Waals surface area contributed by atoms with Crippen LogP contribution >= 0.6 is 0 Å². The molecule has 4 saturated carbocycles. The maximum absolute atomic E-state index is 16.1. The summed E-state index contributed by atoms with van der Waals surface area (Å²) in [6.07, 6.45) is -38.4. The number of rotatable bonds is 19. The first kappa shape index (κ1) is 81.4. The number of carboxylic acid groups (broad SMARTS) is 1. The number of aliphatic carboxylic acids is 1. The van der Waals surface area contributed by atoms with E-state index in [1.165, 1.54) is 34.0 Å². The number of esters is 2. The van der Waals surface area contributed by atoms with E-state index < -0.39 is 261 Å². The Hall–Kier alpha value is -4.13. The van der Waals surface area contributed by atoms with E-state index in [1.54, 1.807) is 24.3 Å². The lowest BCUT2D eigenvalue weighted by Crippen LogP contribution is -2.70. The Balaban J connectivity index is 0.839. The summed E-state index contributed by atoms with van der Waals surface area (Å²) in [5, 5.41) is 178. The van der Waals surface area contributed by atoms with Crippen LogP contribution < -0.4 is 4.74 Å². The van der Waals surface area contributed by atoms with Crippen LogP contribution in [0.2, 0.25) is 0 Å². The van der Waals surface area contributed by atoms with Crippen molar-refractivity contribution in [1.82, 2.24) is 0 Å². The number of fused-ring (bicyclic) bond motifs is 7. The highest BCUT2D eigenvalue weighted by Gasteiger charge is 2.73. The summed E-state index contributed by atoms with van der Waals surface area (Å²) in [6.45, 7) is 11.6. The van der Waals surface area contributed by atoms with Crippen molar-refractivity contribution in [1.29, 1.82) is 0 Å². The van der Waals surface area contributed by atoms with Crippen LogP contribution in [-0.2, 0) is 76.0 Å². The molecule has 0 radical (unpaired) electrons. The highest BCUT2D eigenvalue weighted by molar-refractivity contribution is 5.87. The number of aliphatic hydroxyl groups excluding tert-OH is 14. The standard InChI is InChI=1S/C73H108O33/c1-31-52(100-43(79)17-12-33-10-13-34(93-9)14-11-33)49(85)56(104-62-51(87)55(103-64-57(88)73(92,29-75)30-96-64)53(32(2)97-62)101-60-50(86)54(39(78)28-95-60)102-59-47(83)44(80)38(77)27-94-59)63(98-31)106-66(91)72-22-20-67(3,4)24-36(72)35-15-16-41-68(5)25-37(76)58(105-61-48(84)46(82)45(81)40(26-74)99-61)71(8,65(89)90)42(68)18-19-70(41,7)69(35,6)21-23-72/h10-15,17,31-32,36-42,44-64,74-78,80-88,92H,16,18-30H2,1-9H3,(H,89,90)/t31-,32+,36-,37+,38+,39-,40-,41-,42-,44+,45-,46+,47-,48-,49+,50-,51-,52+,53+,54+,55+,56-,57+,58+,59+,60+,61+,62+,63+,64+,68-,69-,70-,71+,72+,73-/m1/s1. The second-order valence-electron chi connectivity index (χ2n) is 33.1. The molecule has 0 bridgehead atoms. The van der Waals surface area contributed by atoms with Gasteiger partial charge in [-0.1, -0.05) is 58.4 Å². The average Bonchev–Trinajstić information content (AvgIpc) is 0.728. The Morgan fingerprint density at radius 1 is 0.575 bits per heavy atom. The molecule has 598 valence electrons. The molecule has 1 aromatic carbocycles. The maximum Gasteiger partial charge on any atom is 0.331 e. The lowest BCUT2D eigenvalue weighted by Gasteiger charge is -2.71. The van der Waals surface area contributed by atoms with Crippen molar-refractivity contribution < 1.29 is 162 Å². The van der Waals surface area contributed by atoms with E-state index in [1.807, 2.05) is 6.92 Å². The van der Waals surface area contributed by atoms with Crippen LogP contribution in [0.5, 0.6) is 5.75 Å². The number of carbonyl (C=O) groups is 3. The molecule has 5 aliphatic carbocycles. The predicted molar refractivity (Wildman–Crippen MR) is 357 cm³/mol. The van der Waals surface area contributed by atoms with E-state index in [0.29, 0.717) is 56.3 Å². The molecule has 0 unspecified atom stereocenters. The van der Waals surface area contributed by atoms with Gasteiger partial charge in [0.25, 0.3) is 0 Å². The van der Waals surface area contributed by atoms with E-state index in [-0.39, 0.29) is 24.2 Å². The molecule has 1 aromatic rings. The summed E-state index contributed by atoms with van der Waals surface area (Å²) >= 11 is 0. The molecule has 33 heteroatoms. The fraction of sp³-hybridized carbons (Fsp3) is 0.822. The lowest BCUT2D eigenvalue weighted by atomic mass is 9.33. The fourth-order valence-corrected chi connectivity index (χ4v) is 19.8. The van der Waals surface area contributed by atoms with Gasteiger partial charge in [-0.2, -0.15) is 0 Å². The summed E-state index contributed by atoms with van der Waals surface area (Å²) in [6, 6.07) is 6.73. The summed E-state index contributed by atoms with van der Waals surface area (Å²) in [4.78, 5) is 43.9. The minimum absolute atomic E-state index is 0.0636. The number of methoxy groups -OCH3 is 1. The van der Waals surface area contributed by atoms with Gasteiger partial charge in [-0.15, -0.1) is 0 Å². The van der Waals surface area contributed by atoms with E-state index in [9.17, 15) is 91.3 Å². The molecule has 106 heavy (non-hydrogen) atoms. The molecule has 16 N–H and O–H groups in total. The molecule has 6 saturated heterocycles. The SMILES string of the molecule is COc1ccc(C=CC(=O)O[C@@H]2[C@H](O)[C@@H](O[C@@H]3O[C@@H](C)[C@H](O[C@@H]4OC[C@@H](O)[C@H](O[C@@H]5OC[C@H](O)[C@H](O)[C@H]5O)[C@H]4O)[C@@H](O[C@@H]4OC[C@](O)(CO)[C@H]4O)[C@H]3O)[C@H](OC(=O)[C@]34CCC(C)(C)C[C@@H]3C3=CC[C@@H]5[C@@]6(C)C[C@H](O)[C@H](O[C@@H]7O[C@H](CO)[C@@H](O)[C@H](O)[C@H]7O)[C@@](C)(C(=O)O)[C@@H]6CC[C@@]5(C)[C@]3(C)CC4)O[C@@H]2C)cc1. The third-order valence-corrected chi connectivity index (χ3v) is 26.3. The van der Waals surface area contributed by atoms with E-state index in [4.69, 9.17) is 66.3 Å². The van der Waals surface area contributed by atoms with Gasteiger partial charge in [0.05, 0.1) is 69.3 Å². The molecular weight excluding hydrogens is 1400 g/mol. The molecule has 12 rings (SSSR count). The van der Waals surface area contributed by atoms with Crippen LogP contribution in [0.25, 0.3) is 6.08 Å². The second kappa shape index (κ2) is 30.8. The zero-order valence-electron chi connectivity index (χ0n) is 60.9. The van der Waals surface area contributed by atoms with Gasteiger partial charge < -0.3 is 148 Å². The van der Waals surface area contributed by atoms with Gasteiger partial charge in [0, 0.05) is 6.08 Å². The Bertz CT molecular complexity index is 3320. The molecule has 11 aliphatic rings. The molecule has 10 fully saturated rings. The number of allylic oxidation sites excluding steroid dienone is 2. The number of carbonyl (C=O) groups excluding carboxylic acids is 2. The summed E-state index contributed by atoms with van der Waals surface area (Å²) in [7, 11) is 1.50. The summed E-state index contributed by atoms with van der Waals surface area (Å²) < 4.78 is 84.4. The Morgan fingerprint density at radius 3 is 1.84 bits per heavy atom. The smallest absolute Gasteiger partial charge is 0.331 e.